The van der Waals surface area contributed by atoms with Gasteiger partial charge in [-0.05, 0) is 61.7 Å². The fraction of sp³-hybridized carbons (Fsp3) is 0.360. The van der Waals surface area contributed by atoms with Crippen molar-refractivity contribution in [1.82, 2.24) is 20.2 Å². The van der Waals surface area contributed by atoms with Crippen LogP contribution in [0.1, 0.15) is 25.0 Å². The number of nitrogens with zero attached hydrogens (tertiary/aromatic N) is 3. The van der Waals surface area contributed by atoms with E-state index in [4.69, 9.17) is 0 Å². The van der Waals surface area contributed by atoms with Crippen molar-refractivity contribution in [3.8, 4) is 17.0 Å². The second kappa shape index (κ2) is 10.1. The van der Waals surface area contributed by atoms with Gasteiger partial charge in [0.05, 0.1) is 5.69 Å². The smallest absolute Gasteiger partial charge is 0.223 e. The van der Waals surface area contributed by atoms with Gasteiger partial charge in [0.2, 0.25) is 5.95 Å². The number of halogens is 1. The minimum atomic E-state index is -0.288. The van der Waals surface area contributed by atoms with Crippen LogP contribution in [0.2, 0.25) is 0 Å². The van der Waals surface area contributed by atoms with Crippen molar-refractivity contribution in [2.24, 2.45) is 0 Å². The molecule has 0 aliphatic carbocycles. The van der Waals surface area contributed by atoms with Crippen LogP contribution in [0, 0.1) is 5.82 Å². The topological polar surface area (TPSA) is 73.3 Å². The summed E-state index contributed by atoms with van der Waals surface area (Å²) in [7, 11) is 0. The SMILES string of the molecule is C[C@H]1CN(Cc2ccc(F)c(-c3ccnc(NCCc4ccc(O)cc4)n3)c2)[C@@H](C)CN1. The first kappa shape index (κ1) is 22.2. The van der Waals surface area contributed by atoms with E-state index in [2.05, 4.69) is 39.3 Å². The highest BCUT2D eigenvalue weighted by Crippen LogP contribution is 2.24. The lowest BCUT2D eigenvalue weighted by Crippen LogP contribution is -2.53. The third kappa shape index (κ3) is 5.60. The number of hydrogen-bond donors (Lipinski definition) is 3. The molecule has 1 aliphatic rings. The van der Waals surface area contributed by atoms with E-state index < -0.39 is 0 Å². The lowest BCUT2D eigenvalue weighted by molar-refractivity contribution is 0.139. The van der Waals surface area contributed by atoms with Gasteiger partial charge in [0, 0.05) is 50.0 Å². The van der Waals surface area contributed by atoms with E-state index in [1.165, 1.54) is 6.07 Å². The van der Waals surface area contributed by atoms with Crippen LogP contribution in [-0.4, -0.2) is 51.7 Å². The molecule has 3 aromatic rings. The maximum absolute atomic E-state index is 14.7. The van der Waals surface area contributed by atoms with Gasteiger partial charge in [0.1, 0.15) is 11.6 Å². The summed E-state index contributed by atoms with van der Waals surface area (Å²) in [5.74, 6) is 0.433. The van der Waals surface area contributed by atoms with Crippen LogP contribution in [0.5, 0.6) is 5.75 Å². The summed E-state index contributed by atoms with van der Waals surface area (Å²) in [5, 5.41) is 16.1. The minimum absolute atomic E-state index is 0.253. The van der Waals surface area contributed by atoms with Crippen LogP contribution in [0.4, 0.5) is 10.3 Å². The van der Waals surface area contributed by atoms with Crippen molar-refractivity contribution >= 4 is 5.95 Å². The molecule has 0 saturated carbocycles. The van der Waals surface area contributed by atoms with Gasteiger partial charge < -0.3 is 15.7 Å². The van der Waals surface area contributed by atoms with Crippen molar-refractivity contribution in [2.75, 3.05) is 25.0 Å². The molecule has 0 spiro atoms. The molecule has 0 bridgehead atoms. The molecule has 2 aromatic carbocycles. The molecule has 2 atom stereocenters. The number of rotatable bonds is 7. The van der Waals surface area contributed by atoms with E-state index in [1.807, 2.05) is 24.3 Å². The van der Waals surface area contributed by atoms with E-state index in [0.29, 0.717) is 35.8 Å². The van der Waals surface area contributed by atoms with Crippen LogP contribution in [0.3, 0.4) is 0 Å². The van der Waals surface area contributed by atoms with Crippen molar-refractivity contribution in [2.45, 2.75) is 38.9 Å². The Kier molecular flexibility index (Phi) is 6.97. The molecule has 1 fully saturated rings. The third-order valence-electron chi connectivity index (χ3n) is 5.87. The van der Waals surface area contributed by atoms with Gasteiger partial charge in [0.15, 0.2) is 0 Å². The summed E-state index contributed by atoms with van der Waals surface area (Å²) in [6.45, 7) is 7.74. The second-order valence-corrected chi connectivity index (χ2v) is 8.51. The third-order valence-corrected chi connectivity index (χ3v) is 5.87. The number of aromatic hydroxyl groups is 1. The van der Waals surface area contributed by atoms with Gasteiger partial charge in [-0.15, -0.1) is 0 Å². The Labute approximate surface area is 188 Å². The number of hydrogen-bond acceptors (Lipinski definition) is 6. The maximum atomic E-state index is 14.7. The number of nitrogens with one attached hydrogen (secondary N) is 2. The number of phenolic OH excluding ortho intramolecular Hbond substituents is 1. The zero-order chi connectivity index (χ0) is 22.5. The zero-order valence-corrected chi connectivity index (χ0v) is 18.6. The molecule has 1 aromatic heterocycles. The Morgan fingerprint density at radius 1 is 1.12 bits per heavy atom. The molecule has 168 valence electrons. The number of aromatic nitrogens is 2. The highest BCUT2D eigenvalue weighted by atomic mass is 19.1. The van der Waals surface area contributed by atoms with Gasteiger partial charge in [0.25, 0.3) is 0 Å². The van der Waals surface area contributed by atoms with Crippen molar-refractivity contribution < 1.29 is 9.50 Å². The summed E-state index contributed by atoms with van der Waals surface area (Å²) in [5.41, 5.74) is 3.22. The first-order chi connectivity index (χ1) is 15.5. The van der Waals surface area contributed by atoms with E-state index in [0.717, 1.165) is 37.2 Å². The predicted octanol–water partition coefficient (Wildman–Crippen LogP) is 3.83. The van der Waals surface area contributed by atoms with Gasteiger partial charge in [-0.25, -0.2) is 14.4 Å². The lowest BCUT2D eigenvalue weighted by atomic mass is 10.0. The molecule has 4 rings (SSSR count). The fourth-order valence-electron chi connectivity index (χ4n) is 3.99. The van der Waals surface area contributed by atoms with E-state index >= 15 is 0 Å². The van der Waals surface area contributed by atoms with Gasteiger partial charge in [-0.1, -0.05) is 18.2 Å². The molecule has 2 heterocycles. The molecule has 1 aliphatic heterocycles. The normalized spacial score (nSPS) is 19.1. The summed E-state index contributed by atoms with van der Waals surface area (Å²) in [6, 6.07) is 15.0. The summed E-state index contributed by atoms with van der Waals surface area (Å²) in [4.78, 5) is 11.2. The molecule has 32 heavy (non-hydrogen) atoms. The molecular weight excluding hydrogens is 405 g/mol. The Bertz CT molecular complexity index is 1040. The summed E-state index contributed by atoms with van der Waals surface area (Å²) < 4.78 is 14.7. The van der Waals surface area contributed by atoms with E-state index in [1.54, 1.807) is 24.4 Å². The van der Waals surface area contributed by atoms with Crippen molar-refractivity contribution in [3.05, 3.63) is 71.7 Å². The van der Waals surface area contributed by atoms with Gasteiger partial charge in [-0.2, -0.15) is 0 Å². The molecule has 1 saturated heterocycles. The van der Waals surface area contributed by atoms with E-state index in [9.17, 15) is 9.50 Å². The zero-order valence-electron chi connectivity index (χ0n) is 18.6. The van der Waals surface area contributed by atoms with Crippen LogP contribution in [0.25, 0.3) is 11.3 Å². The monoisotopic (exact) mass is 435 g/mol. The van der Waals surface area contributed by atoms with Crippen molar-refractivity contribution in [1.29, 1.82) is 0 Å². The van der Waals surface area contributed by atoms with Crippen LogP contribution in [0.15, 0.2) is 54.7 Å². The second-order valence-electron chi connectivity index (χ2n) is 8.51. The van der Waals surface area contributed by atoms with Crippen LogP contribution >= 0.6 is 0 Å². The highest BCUT2D eigenvalue weighted by molar-refractivity contribution is 5.61. The van der Waals surface area contributed by atoms with Gasteiger partial charge >= 0.3 is 0 Å². The predicted molar refractivity (Wildman–Crippen MR) is 125 cm³/mol. The quantitative estimate of drug-likeness (QED) is 0.524. The number of anilines is 1. The lowest BCUT2D eigenvalue weighted by Gasteiger charge is -2.37. The Hall–Kier alpha value is -3.03. The van der Waals surface area contributed by atoms with Gasteiger partial charge in [-0.3, -0.25) is 4.90 Å². The number of piperazine rings is 1. The molecule has 3 N–H and O–H groups in total. The number of benzene rings is 2. The standard InChI is InChI=1S/C25H30FN5O/c1-17-15-31(18(2)14-29-17)16-20-5-8-23(26)22(13-20)24-10-12-28-25(30-24)27-11-9-19-3-6-21(32)7-4-19/h3-8,10,12-13,17-18,29,32H,9,11,14-16H2,1-2H3,(H,27,28,30)/t17-,18-/m0/s1. The Balaban J connectivity index is 1.44. The first-order valence-corrected chi connectivity index (χ1v) is 11.1. The number of phenols is 1. The molecule has 0 radical (unpaired) electrons. The summed E-state index contributed by atoms with van der Waals surface area (Å²) in [6.07, 6.45) is 2.41. The van der Waals surface area contributed by atoms with Crippen LogP contribution < -0.4 is 10.6 Å². The maximum Gasteiger partial charge on any atom is 0.223 e. The molecule has 6 nitrogen and oxygen atoms in total. The van der Waals surface area contributed by atoms with Crippen LogP contribution in [-0.2, 0) is 13.0 Å². The average Bonchev–Trinajstić information content (AvgIpc) is 2.79. The first-order valence-electron chi connectivity index (χ1n) is 11.1. The average molecular weight is 436 g/mol. The largest absolute Gasteiger partial charge is 0.508 e. The Morgan fingerprint density at radius 3 is 2.72 bits per heavy atom. The summed E-state index contributed by atoms with van der Waals surface area (Å²) >= 11 is 0. The molecule has 7 heteroatoms. The minimum Gasteiger partial charge on any atom is -0.508 e. The fourth-order valence-corrected chi connectivity index (χ4v) is 3.99. The van der Waals surface area contributed by atoms with Crippen molar-refractivity contribution in [3.63, 3.8) is 0 Å². The van der Waals surface area contributed by atoms with E-state index in [-0.39, 0.29) is 11.6 Å². The Morgan fingerprint density at radius 2 is 1.91 bits per heavy atom. The highest BCUT2D eigenvalue weighted by Gasteiger charge is 2.22. The molecular formula is C25H30FN5O. The molecule has 0 unspecified atom stereocenters. The molecule has 0 amide bonds.